The number of carbonyl (C=O) groups excluding carboxylic acids is 3. The maximum atomic E-state index is 13.5. The van der Waals surface area contributed by atoms with Crippen molar-refractivity contribution in [2.75, 3.05) is 28.8 Å². The molecule has 4 heterocycles. The maximum Gasteiger partial charge on any atom is 0.385 e. The molecular formula is C29H29N9O9S3. The van der Waals surface area contributed by atoms with Gasteiger partial charge < -0.3 is 46.8 Å². The zero-order valence-electron chi connectivity index (χ0n) is 25.8. The number of hydrogen-bond acceptors (Lipinski definition) is 17. The Morgan fingerprint density at radius 3 is 2.64 bits per heavy atom. The highest BCUT2D eigenvalue weighted by Crippen LogP contribution is 2.41. The number of amides is 2. The first kappa shape index (κ1) is 34.6. The van der Waals surface area contributed by atoms with Crippen LogP contribution in [0, 0.1) is 0 Å². The van der Waals surface area contributed by atoms with E-state index in [4.69, 9.17) is 22.1 Å². The van der Waals surface area contributed by atoms with Gasteiger partial charge in [0.2, 0.25) is 11.9 Å². The van der Waals surface area contributed by atoms with E-state index in [0.717, 1.165) is 65.3 Å². The summed E-state index contributed by atoms with van der Waals surface area (Å²) in [5.74, 6) is 1.06. The summed E-state index contributed by atoms with van der Waals surface area (Å²) in [5.41, 5.74) is 13.0. The van der Waals surface area contributed by atoms with E-state index >= 15 is 0 Å². The number of nitrogens with two attached hydrogens (primary N) is 3. The number of phenols is 2. The van der Waals surface area contributed by atoms with Gasteiger partial charge in [-0.2, -0.15) is 0 Å². The van der Waals surface area contributed by atoms with Crippen LogP contribution in [-0.2, 0) is 36.9 Å². The fraction of sp³-hybridized carbons (Fsp3) is 0.310. The van der Waals surface area contributed by atoms with Gasteiger partial charge in [-0.15, -0.1) is 27.8 Å². The lowest BCUT2D eigenvalue weighted by atomic mass is 9.96. The van der Waals surface area contributed by atoms with Crippen molar-refractivity contribution in [1.82, 2.24) is 20.2 Å². The molecule has 0 spiro atoms. The minimum Gasteiger partial charge on any atom is -0.543 e. The number of β-lactam (4-membered cyclic amide) rings is 1. The Bertz CT molecular complexity index is 1990. The van der Waals surface area contributed by atoms with Crippen molar-refractivity contribution in [3.8, 4) is 11.5 Å². The second-order valence-corrected chi connectivity index (χ2v) is 14.2. The molecule has 18 nitrogen and oxygen atoms in total. The highest BCUT2D eigenvalue weighted by molar-refractivity contribution is 8.01. The largest absolute Gasteiger partial charge is 0.543 e. The van der Waals surface area contributed by atoms with Gasteiger partial charge in [-0.1, -0.05) is 11.2 Å². The Balaban J connectivity index is 1.20. The second-order valence-electron chi connectivity index (χ2n) is 11.3. The van der Waals surface area contributed by atoms with Crippen molar-refractivity contribution in [3.63, 3.8) is 0 Å². The predicted molar refractivity (Wildman–Crippen MR) is 178 cm³/mol. The Kier molecular flexibility index (Phi) is 9.62. The number of aromatic nitrogens is 3. The van der Waals surface area contributed by atoms with Gasteiger partial charge in [0.1, 0.15) is 22.8 Å². The average molecular weight is 744 g/mol. The number of thioether (sulfide) groups is 2. The number of carboxylic acid groups (broad SMARTS) is 2. The first-order chi connectivity index (χ1) is 23.8. The Morgan fingerprint density at radius 2 is 1.96 bits per heavy atom. The molecule has 1 aliphatic carbocycles. The molecule has 2 aliphatic heterocycles. The van der Waals surface area contributed by atoms with Gasteiger partial charge in [-0.05, 0) is 53.7 Å². The summed E-state index contributed by atoms with van der Waals surface area (Å²) in [6.07, 6.45) is 1.62. The zero-order chi connectivity index (χ0) is 35.9. The number of nitrogen functional groups attached to an aromatic ring is 3. The molecule has 0 saturated carbocycles. The van der Waals surface area contributed by atoms with Crippen LogP contribution in [0.1, 0.15) is 41.5 Å². The lowest BCUT2D eigenvalue weighted by Gasteiger charge is -2.50. The number of oxime groups is 1. The molecule has 6 rings (SSSR count). The Morgan fingerprint density at radius 1 is 1.20 bits per heavy atom. The molecule has 3 atom stereocenters. The summed E-state index contributed by atoms with van der Waals surface area (Å²) < 4.78 is 1.47. The summed E-state index contributed by atoms with van der Waals surface area (Å²) in [6.45, 7) is 0. The molecule has 0 radical (unpaired) electrons. The number of fused-ring (bicyclic) bond motifs is 2. The van der Waals surface area contributed by atoms with Crippen LogP contribution in [0.2, 0.25) is 0 Å². The number of carboxylic acids is 2. The van der Waals surface area contributed by atoms with Crippen LogP contribution in [0.4, 0.5) is 10.9 Å². The fourth-order valence-corrected chi connectivity index (χ4v) is 8.65. The minimum atomic E-state index is -1.83. The van der Waals surface area contributed by atoms with E-state index in [1.807, 2.05) is 0 Å². The molecule has 10 N–H and O–H groups in total. The SMILES string of the molecule is Nc1nc(/C(=N/O[C@@H](C(=O)O)c2ccc(O)c(O)c2)C(=O)N[C@@H]2C(=O)N3C(C(=O)[O-])=C(CSc4nc(N)c5c([n+]4N)CCCC5)CS[C@H]23)cs1. The topological polar surface area (TPSA) is 297 Å². The van der Waals surface area contributed by atoms with Crippen molar-refractivity contribution >= 4 is 75.3 Å². The van der Waals surface area contributed by atoms with Gasteiger partial charge in [-0.3, -0.25) is 20.3 Å². The van der Waals surface area contributed by atoms with Crippen molar-refractivity contribution < 1.29 is 49.1 Å². The number of phenolic OH excluding ortho intramolecular Hbond substituents is 2. The number of benzene rings is 1. The van der Waals surface area contributed by atoms with E-state index in [9.17, 15) is 39.6 Å². The quantitative estimate of drug-likeness (QED) is 0.0176. The molecule has 3 aliphatic rings. The monoisotopic (exact) mass is 743 g/mol. The standard InChI is InChI=1S/C29H29N9O9S3/c30-22-13-3-1-2-4-15(13)38(32)29(35-22)50-9-12-8-48-25-19(24(42)37(25)20(12)26(43)44)34-23(41)18(14-10-49-28(31)33-14)36-47-21(27(45)46)11-5-6-16(39)17(40)7-11/h5-7,10,19,21,25,30H,1-4,8-9,32H2,(H7,31,33,34,36,39,40,41,43,44,45,46)/t19-,21-,25-/m1/s1. The molecule has 262 valence electrons. The Hall–Kier alpha value is -5.28. The molecule has 3 aromatic rings. The molecule has 1 fully saturated rings. The number of nitrogens with zero attached hydrogens (tertiary/aromatic N) is 5. The van der Waals surface area contributed by atoms with E-state index in [0.29, 0.717) is 16.5 Å². The van der Waals surface area contributed by atoms with Crippen molar-refractivity contribution in [2.45, 2.75) is 48.4 Å². The summed E-state index contributed by atoms with van der Waals surface area (Å²) in [6, 6.07) is 1.98. The third-order valence-electron chi connectivity index (χ3n) is 8.12. The number of thiazole rings is 1. The van der Waals surface area contributed by atoms with Crippen LogP contribution in [0.15, 0.2) is 45.2 Å². The molecule has 21 heteroatoms. The molecular weight excluding hydrogens is 715 g/mol. The summed E-state index contributed by atoms with van der Waals surface area (Å²) in [5, 5.41) is 48.7. The first-order valence-corrected chi connectivity index (χ1v) is 17.8. The summed E-state index contributed by atoms with van der Waals surface area (Å²) >= 11 is 3.35. The number of aromatic hydroxyl groups is 2. The molecule has 1 aromatic carbocycles. The van der Waals surface area contributed by atoms with Gasteiger partial charge in [0, 0.05) is 28.9 Å². The summed E-state index contributed by atoms with van der Waals surface area (Å²) in [4.78, 5) is 65.9. The van der Waals surface area contributed by atoms with Crippen LogP contribution in [0.25, 0.3) is 0 Å². The molecule has 2 aromatic heterocycles. The number of rotatable bonds is 11. The predicted octanol–water partition coefficient (Wildman–Crippen LogP) is -1.26. The van der Waals surface area contributed by atoms with Crippen LogP contribution in [-0.4, -0.2) is 82.6 Å². The van der Waals surface area contributed by atoms with Gasteiger partial charge in [0.05, 0.1) is 17.2 Å². The van der Waals surface area contributed by atoms with E-state index < -0.39 is 58.5 Å². The number of hydrogen-bond donors (Lipinski definition) is 7. The van der Waals surface area contributed by atoms with Crippen molar-refractivity contribution in [1.29, 1.82) is 0 Å². The van der Waals surface area contributed by atoms with Crippen molar-refractivity contribution in [3.05, 3.63) is 57.4 Å². The molecule has 0 unspecified atom stereocenters. The smallest absolute Gasteiger partial charge is 0.385 e. The van der Waals surface area contributed by atoms with E-state index in [2.05, 4.69) is 20.4 Å². The average Bonchev–Trinajstić information content (AvgIpc) is 3.52. The highest BCUT2D eigenvalue weighted by Gasteiger charge is 2.53. The zero-order valence-corrected chi connectivity index (χ0v) is 28.2. The third-order valence-corrected chi connectivity index (χ3v) is 11.2. The van der Waals surface area contributed by atoms with Gasteiger partial charge in [0.15, 0.2) is 22.3 Å². The minimum absolute atomic E-state index is 0.0510. The molecule has 0 bridgehead atoms. The van der Waals surface area contributed by atoms with E-state index in [-0.39, 0.29) is 33.6 Å². The van der Waals surface area contributed by atoms with Crippen molar-refractivity contribution in [2.24, 2.45) is 5.16 Å². The Labute approximate surface area is 295 Å². The normalized spacial score (nSPS) is 19.2. The third kappa shape index (κ3) is 6.53. The van der Waals surface area contributed by atoms with Crippen LogP contribution < -0.4 is 32.4 Å². The number of carbonyl (C=O) groups is 4. The first-order valence-electron chi connectivity index (χ1n) is 14.9. The van der Waals surface area contributed by atoms with Crippen LogP contribution in [0.3, 0.4) is 0 Å². The lowest BCUT2D eigenvalue weighted by Crippen LogP contribution is -2.71. The molecule has 2 amide bonds. The van der Waals surface area contributed by atoms with Gasteiger partial charge in [-0.25, -0.2) is 9.78 Å². The fourth-order valence-electron chi connectivity index (χ4n) is 5.68. The highest BCUT2D eigenvalue weighted by atomic mass is 32.2. The van der Waals surface area contributed by atoms with E-state index in [1.54, 1.807) is 0 Å². The van der Waals surface area contributed by atoms with E-state index in [1.165, 1.54) is 39.6 Å². The van der Waals surface area contributed by atoms with Crippen LogP contribution >= 0.6 is 34.9 Å². The summed E-state index contributed by atoms with van der Waals surface area (Å²) in [7, 11) is 0. The number of nitrogens with one attached hydrogen (secondary N) is 1. The molecule has 50 heavy (non-hydrogen) atoms. The van der Waals surface area contributed by atoms with Gasteiger partial charge >= 0.3 is 11.1 Å². The maximum absolute atomic E-state index is 13.5. The number of anilines is 2. The van der Waals surface area contributed by atoms with Crippen LogP contribution in [0.5, 0.6) is 11.5 Å². The second kappa shape index (κ2) is 13.9. The number of aliphatic carboxylic acids is 2. The lowest BCUT2D eigenvalue weighted by molar-refractivity contribution is -0.690. The molecule has 1 saturated heterocycles. The van der Waals surface area contributed by atoms with Gasteiger partial charge in [0.25, 0.3) is 11.8 Å².